The van der Waals surface area contributed by atoms with E-state index >= 15 is 0 Å². The van der Waals surface area contributed by atoms with Crippen LogP contribution in [-0.4, -0.2) is 21.2 Å². The summed E-state index contributed by atoms with van der Waals surface area (Å²) in [6.07, 6.45) is 5.24. The summed E-state index contributed by atoms with van der Waals surface area (Å²) >= 11 is 9.19. The molecule has 0 bridgehead atoms. The third kappa shape index (κ3) is 3.24. The Morgan fingerprint density at radius 3 is 1.57 bits per heavy atom. The maximum atomic E-state index is 4.72. The van der Waals surface area contributed by atoms with Crippen LogP contribution in [-0.2, 0) is 0 Å². The zero-order chi connectivity index (χ0) is 20.5. The first-order chi connectivity index (χ1) is 14.7. The van der Waals surface area contributed by atoms with Crippen LogP contribution in [0.2, 0.25) is 0 Å². The molecule has 156 valence electrons. The Bertz CT molecular complexity index is 888. The molecule has 1 saturated carbocycles. The summed E-state index contributed by atoms with van der Waals surface area (Å²) in [6, 6.07) is 34.1. The number of halogens is 1. The molecular formula is C26H28BrPS2. The molecule has 1 aliphatic heterocycles. The Hall–Kier alpha value is -0.730. The number of thioether (sulfide) groups is 2. The van der Waals surface area contributed by atoms with E-state index in [0.717, 1.165) is 0 Å². The van der Waals surface area contributed by atoms with Crippen molar-refractivity contribution < 1.29 is 0 Å². The van der Waals surface area contributed by atoms with Crippen molar-refractivity contribution in [3.8, 4) is 0 Å². The first kappa shape index (κ1) is 21.1. The first-order valence-corrected chi connectivity index (χ1v) is 17.1. The van der Waals surface area contributed by atoms with Crippen molar-refractivity contribution in [1.82, 2.24) is 0 Å². The van der Waals surface area contributed by atoms with E-state index < -0.39 is 5.31 Å². The molecule has 0 N–H and O–H groups in total. The molecule has 0 amide bonds. The molecule has 1 aliphatic carbocycles. The summed E-state index contributed by atoms with van der Waals surface area (Å²) in [5.41, 5.74) is 0.593. The zero-order valence-corrected chi connectivity index (χ0v) is 21.2. The van der Waals surface area contributed by atoms with E-state index in [1.54, 1.807) is 0 Å². The normalized spacial score (nSPS) is 22.4. The summed E-state index contributed by atoms with van der Waals surface area (Å²) < 4.78 is 0.401. The number of hydrogen-bond donors (Lipinski definition) is 0. The van der Waals surface area contributed by atoms with Gasteiger partial charge in [-0.15, -0.1) is 0 Å². The standard InChI is InChI=1S/C26H28BrPS2/c27-28(22-11-4-1-5-12-22,23-13-6-2-7-14-23,24-15-8-3-9-16-24)25-17-10-18-26(21-25)29-19-20-30-26/h1-9,11-16,25H,10,17-21H2. The van der Waals surface area contributed by atoms with Gasteiger partial charge in [-0.05, 0) is 0 Å². The average molecular weight is 516 g/mol. The molecule has 5 rings (SSSR count). The molecule has 2 aliphatic rings. The fourth-order valence-electron chi connectivity index (χ4n) is 5.58. The second-order valence-corrected chi connectivity index (χ2v) is 20.5. The van der Waals surface area contributed by atoms with Crippen LogP contribution in [0.5, 0.6) is 0 Å². The van der Waals surface area contributed by atoms with Gasteiger partial charge in [-0.25, -0.2) is 0 Å². The minimum absolute atomic E-state index is 0.401. The zero-order valence-electron chi connectivity index (χ0n) is 17.1. The van der Waals surface area contributed by atoms with Gasteiger partial charge in [0, 0.05) is 0 Å². The van der Waals surface area contributed by atoms with Crippen molar-refractivity contribution in [2.75, 3.05) is 11.5 Å². The fourth-order valence-corrected chi connectivity index (χ4v) is 18.2. The van der Waals surface area contributed by atoms with E-state index in [1.807, 2.05) is 0 Å². The van der Waals surface area contributed by atoms with Gasteiger partial charge in [-0.2, -0.15) is 0 Å². The van der Waals surface area contributed by atoms with Gasteiger partial charge >= 0.3 is 198 Å². The van der Waals surface area contributed by atoms with Crippen LogP contribution in [0.3, 0.4) is 0 Å². The van der Waals surface area contributed by atoms with Crippen LogP contribution in [0.25, 0.3) is 0 Å². The van der Waals surface area contributed by atoms with E-state index in [9.17, 15) is 0 Å². The minimum atomic E-state index is -2.85. The van der Waals surface area contributed by atoms with Crippen LogP contribution < -0.4 is 15.9 Å². The maximum absolute atomic E-state index is 4.72. The van der Waals surface area contributed by atoms with Crippen LogP contribution in [0, 0.1) is 0 Å². The quantitative estimate of drug-likeness (QED) is 0.345. The van der Waals surface area contributed by atoms with Gasteiger partial charge in [0.25, 0.3) is 0 Å². The molecule has 0 radical (unpaired) electrons. The molecule has 1 saturated heterocycles. The van der Waals surface area contributed by atoms with E-state index in [4.69, 9.17) is 15.5 Å². The SMILES string of the molecule is BrP(c1ccccc1)(c1ccccc1)(c1ccccc1)C1CCCC2(C1)SCCS2. The molecule has 0 aromatic heterocycles. The fraction of sp³-hybridized carbons (Fsp3) is 0.308. The van der Waals surface area contributed by atoms with E-state index in [2.05, 4.69) is 115 Å². The van der Waals surface area contributed by atoms with Gasteiger partial charge in [-0.3, -0.25) is 0 Å². The van der Waals surface area contributed by atoms with Gasteiger partial charge in [-0.1, -0.05) is 0 Å². The van der Waals surface area contributed by atoms with E-state index in [1.165, 1.54) is 53.1 Å². The molecule has 4 heteroatoms. The number of benzene rings is 3. The van der Waals surface area contributed by atoms with Gasteiger partial charge in [0.05, 0.1) is 0 Å². The Balaban J connectivity index is 1.81. The van der Waals surface area contributed by atoms with Crippen molar-refractivity contribution >= 4 is 60.2 Å². The summed E-state index contributed by atoms with van der Waals surface area (Å²) in [5.74, 6) is 2.61. The predicted molar refractivity (Wildman–Crippen MR) is 144 cm³/mol. The second-order valence-electron chi connectivity index (χ2n) is 8.44. The third-order valence-electron chi connectivity index (χ3n) is 6.92. The second kappa shape index (κ2) is 8.32. The van der Waals surface area contributed by atoms with Crippen LogP contribution in [0.4, 0.5) is 0 Å². The Morgan fingerprint density at radius 1 is 0.700 bits per heavy atom. The van der Waals surface area contributed by atoms with Crippen molar-refractivity contribution in [1.29, 1.82) is 0 Å². The Kier molecular flexibility index (Phi) is 5.86. The predicted octanol–water partition coefficient (Wildman–Crippen LogP) is 6.95. The van der Waals surface area contributed by atoms with Gasteiger partial charge in [0.15, 0.2) is 0 Å². The van der Waals surface area contributed by atoms with Gasteiger partial charge in [0.1, 0.15) is 0 Å². The third-order valence-corrected chi connectivity index (χ3v) is 21.7. The topological polar surface area (TPSA) is 0 Å². The molecule has 0 nitrogen and oxygen atoms in total. The van der Waals surface area contributed by atoms with Gasteiger partial charge < -0.3 is 0 Å². The molecule has 3 aromatic carbocycles. The molecule has 30 heavy (non-hydrogen) atoms. The summed E-state index contributed by atoms with van der Waals surface area (Å²) in [4.78, 5) is 0. The van der Waals surface area contributed by atoms with Crippen molar-refractivity contribution in [2.24, 2.45) is 0 Å². The molecule has 1 unspecified atom stereocenters. The molecule has 3 aromatic rings. The Morgan fingerprint density at radius 2 is 1.13 bits per heavy atom. The first-order valence-electron chi connectivity index (χ1n) is 10.8. The van der Waals surface area contributed by atoms with Crippen LogP contribution in [0.1, 0.15) is 25.7 Å². The summed E-state index contributed by atoms with van der Waals surface area (Å²) in [6.45, 7) is 0. The van der Waals surface area contributed by atoms with Crippen molar-refractivity contribution in [3.63, 3.8) is 0 Å². The van der Waals surface area contributed by atoms with Crippen molar-refractivity contribution in [3.05, 3.63) is 91.0 Å². The van der Waals surface area contributed by atoms with Gasteiger partial charge in [0.2, 0.25) is 0 Å². The summed E-state index contributed by atoms with van der Waals surface area (Å²) in [5, 5.41) is 1.55. The average Bonchev–Trinajstić information content (AvgIpc) is 3.27. The van der Waals surface area contributed by atoms with Crippen molar-refractivity contribution in [2.45, 2.75) is 35.4 Å². The number of rotatable bonds is 4. The number of hydrogen-bond acceptors (Lipinski definition) is 2. The monoisotopic (exact) mass is 514 g/mol. The van der Waals surface area contributed by atoms with Crippen LogP contribution >= 0.6 is 44.3 Å². The molecule has 2 fully saturated rings. The van der Waals surface area contributed by atoms with E-state index in [0.29, 0.717) is 9.74 Å². The van der Waals surface area contributed by atoms with E-state index in [-0.39, 0.29) is 0 Å². The molecule has 1 heterocycles. The van der Waals surface area contributed by atoms with Crippen LogP contribution in [0.15, 0.2) is 91.0 Å². The Labute approximate surface area is 197 Å². The summed E-state index contributed by atoms with van der Waals surface area (Å²) in [7, 11) is 0. The molecular weight excluding hydrogens is 487 g/mol. The molecule has 1 spiro atoms. The molecule has 1 atom stereocenters.